The molecule has 118 valence electrons. The Morgan fingerprint density at radius 1 is 1.09 bits per heavy atom. The van der Waals surface area contributed by atoms with Crippen LogP contribution in [0.1, 0.15) is 18.6 Å². The van der Waals surface area contributed by atoms with E-state index in [1.54, 1.807) is 48.5 Å². The maximum Gasteiger partial charge on any atom is 0.422 e. The Bertz CT molecular complexity index is 764. The summed E-state index contributed by atoms with van der Waals surface area (Å²) in [7, 11) is 0. The van der Waals surface area contributed by atoms with Crippen molar-refractivity contribution < 1.29 is 19.4 Å². The van der Waals surface area contributed by atoms with Crippen LogP contribution in [0.2, 0.25) is 0 Å². The monoisotopic (exact) mass is 423 g/mol. The Labute approximate surface area is 147 Å². The molecule has 1 aliphatic rings. The maximum absolute atomic E-state index is 12.8. The van der Waals surface area contributed by atoms with E-state index in [1.165, 1.54) is 6.92 Å². The summed E-state index contributed by atoms with van der Waals surface area (Å²) < 4.78 is 6.03. The summed E-state index contributed by atoms with van der Waals surface area (Å²) in [5, 5.41) is 10.6. The molecule has 23 heavy (non-hydrogen) atoms. The van der Waals surface area contributed by atoms with Gasteiger partial charge in [0.2, 0.25) is 5.60 Å². The molecule has 1 unspecified atom stereocenters. The SMILES string of the molecule is C[C@]1(C(O)c2ccccc2)OC(=O)N(c2ccccc2I)C1=O. The van der Waals surface area contributed by atoms with E-state index in [0.29, 0.717) is 11.3 Å². The lowest BCUT2D eigenvalue weighted by Gasteiger charge is -2.26. The van der Waals surface area contributed by atoms with Crippen molar-refractivity contribution in [1.82, 2.24) is 0 Å². The van der Waals surface area contributed by atoms with Crippen LogP contribution < -0.4 is 4.90 Å². The van der Waals surface area contributed by atoms with Crippen LogP contribution in [0.25, 0.3) is 0 Å². The Balaban J connectivity index is 1.99. The number of carbonyl (C=O) groups excluding carboxylic acids is 2. The summed E-state index contributed by atoms with van der Waals surface area (Å²) in [5.41, 5.74) is -0.690. The number of imide groups is 1. The molecule has 3 rings (SSSR count). The van der Waals surface area contributed by atoms with Crippen molar-refractivity contribution in [3.05, 3.63) is 63.7 Å². The van der Waals surface area contributed by atoms with Gasteiger partial charge in [-0.25, -0.2) is 9.69 Å². The van der Waals surface area contributed by atoms with E-state index in [0.717, 1.165) is 8.47 Å². The maximum atomic E-state index is 12.8. The molecule has 6 heteroatoms. The van der Waals surface area contributed by atoms with Crippen LogP contribution in [0.15, 0.2) is 54.6 Å². The molecule has 2 aromatic carbocycles. The van der Waals surface area contributed by atoms with E-state index in [9.17, 15) is 14.7 Å². The molecule has 1 heterocycles. The van der Waals surface area contributed by atoms with Gasteiger partial charge in [0.1, 0.15) is 6.10 Å². The Morgan fingerprint density at radius 2 is 1.70 bits per heavy atom. The number of hydrogen-bond donors (Lipinski definition) is 1. The van der Waals surface area contributed by atoms with E-state index < -0.39 is 23.7 Å². The topological polar surface area (TPSA) is 66.8 Å². The zero-order valence-electron chi connectivity index (χ0n) is 12.3. The van der Waals surface area contributed by atoms with E-state index >= 15 is 0 Å². The highest BCUT2D eigenvalue weighted by Crippen LogP contribution is 2.39. The van der Waals surface area contributed by atoms with Gasteiger partial charge < -0.3 is 9.84 Å². The molecule has 0 aliphatic carbocycles. The zero-order valence-corrected chi connectivity index (χ0v) is 14.4. The summed E-state index contributed by atoms with van der Waals surface area (Å²) in [6.45, 7) is 1.43. The molecule has 2 aromatic rings. The lowest BCUT2D eigenvalue weighted by atomic mass is 9.92. The summed E-state index contributed by atoms with van der Waals surface area (Å²) in [5.74, 6) is -0.581. The Kier molecular flexibility index (Phi) is 4.11. The van der Waals surface area contributed by atoms with Crippen LogP contribution in [0.4, 0.5) is 10.5 Å². The largest absolute Gasteiger partial charge is 0.429 e. The number of carbonyl (C=O) groups is 2. The molecule has 1 saturated heterocycles. The second kappa shape index (κ2) is 5.93. The van der Waals surface area contributed by atoms with Gasteiger partial charge in [0, 0.05) is 3.57 Å². The number of para-hydroxylation sites is 1. The van der Waals surface area contributed by atoms with Crippen molar-refractivity contribution >= 4 is 40.3 Å². The molecular weight excluding hydrogens is 409 g/mol. The van der Waals surface area contributed by atoms with E-state index in [2.05, 4.69) is 0 Å². The number of aliphatic hydroxyl groups excluding tert-OH is 1. The van der Waals surface area contributed by atoms with Crippen molar-refractivity contribution in [3.8, 4) is 0 Å². The van der Waals surface area contributed by atoms with E-state index in [1.807, 2.05) is 28.7 Å². The van der Waals surface area contributed by atoms with Crippen molar-refractivity contribution in [2.45, 2.75) is 18.6 Å². The predicted molar refractivity (Wildman–Crippen MR) is 92.9 cm³/mol. The first kappa shape index (κ1) is 15.9. The smallest absolute Gasteiger partial charge is 0.422 e. The van der Waals surface area contributed by atoms with Gasteiger partial charge in [-0.15, -0.1) is 0 Å². The van der Waals surface area contributed by atoms with Gasteiger partial charge in [-0.3, -0.25) is 4.79 Å². The van der Waals surface area contributed by atoms with Gasteiger partial charge >= 0.3 is 6.09 Å². The average Bonchev–Trinajstić information content (AvgIpc) is 2.79. The number of cyclic esters (lactones) is 1. The molecule has 0 bridgehead atoms. The number of nitrogens with zero attached hydrogens (tertiary/aromatic N) is 1. The number of aliphatic hydroxyl groups is 1. The van der Waals surface area contributed by atoms with Crippen LogP contribution in [0.5, 0.6) is 0 Å². The molecule has 2 amide bonds. The summed E-state index contributed by atoms with van der Waals surface area (Å²) in [6.07, 6.45) is -2.02. The fourth-order valence-electron chi connectivity index (χ4n) is 2.54. The normalized spacial score (nSPS) is 22.1. The first-order valence-corrected chi connectivity index (χ1v) is 8.08. The minimum atomic E-state index is -1.66. The number of hydrogen-bond acceptors (Lipinski definition) is 4. The van der Waals surface area contributed by atoms with Gasteiger partial charge in [0.05, 0.1) is 5.69 Å². The fraction of sp³-hybridized carbons (Fsp3) is 0.176. The first-order chi connectivity index (χ1) is 10.9. The second-order valence-corrected chi connectivity index (χ2v) is 6.54. The second-order valence-electron chi connectivity index (χ2n) is 5.38. The van der Waals surface area contributed by atoms with Crippen LogP contribution >= 0.6 is 22.6 Å². The van der Waals surface area contributed by atoms with Crippen molar-refractivity contribution in [3.63, 3.8) is 0 Å². The molecule has 1 N–H and O–H groups in total. The highest BCUT2D eigenvalue weighted by Gasteiger charge is 2.56. The van der Waals surface area contributed by atoms with Crippen molar-refractivity contribution in [2.24, 2.45) is 0 Å². The molecule has 0 saturated carbocycles. The van der Waals surface area contributed by atoms with Crippen LogP contribution in [-0.2, 0) is 9.53 Å². The molecule has 0 radical (unpaired) electrons. The number of amides is 2. The summed E-state index contributed by atoms with van der Waals surface area (Å²) >= 11 is 2.05. The predicted octanol–water partition coefficient (Wildman–Crippen LogP) is 3.27. The molecule has 0 spiro atoms. The van der Waals surface area contributed by atoms with Crippen molar-refractivity contribution in [1.29, 1.82) is 0 Å². The van der Waals surface area contributed by atoms with E-state index in [-0.39, 0.29) is 0 Å². The number of ether oxygens (including phenoxy) is 1. The Morgan fingerprint density at radius 3 is 2.35 bits per heavy atom. The highest BCUT2D eigenvalue weighted by molar-refractivity contribution is 14.1. The Hall–Kier alpha value is -1.93. The number of anilines is 1. The lowest BCUT2D eigenvalue weighted by Crippen LogP contribution is -2.43. The third-order valence-corrected chi connectivity index (χ3v) is 4.75. The molecular formula is C17H14INO4. The quantitative estimate of drug-likeness (QED) is 0.770. The third kappa shape index (κ3) is 2.61. The molecule has 1 fully saturated rings. The van der Waals surface area contributed by atoms with Gasteiger partial charge in [0.25, 0.3) is 5.91 Å². The van der Waals surface area contributed by atoms with Gasteiger partial charge in [-0.05, 0) is 47.2 Å². The first-order valence-electron chi connectivity index (χ1n) is 7.00. The zero-order chi connectivity index (χ0) is 16.6. The number of halogens is 1. The average molecular weight is 423 g/mol. The minimum Gasteiger partial charge on any atom is -0.429 e. The van der Waals surface area contributed by atoms with Crippen LogP contribution in [0, 0.1) is 3.57 Å². The summed E-state index contributed by atoms with van der Waals surface area (Å²) in [6, 6.07) is 15.7. The fourth-order valence-corrected chi connectivity index (χ4v) is 3.17. The lowest BCUT2D eigenvalue weighted by molar-refractivity contribution is -0.138. The van der Waals surface area contributed by atoms with Crippen LogP contribution in [0.3, 0.4) is 0 Å². The molecule has 0 aromatic heterocycles. The van der Waals surface area contributed by atoms with Crippen molar-refractivity contribution in [2.75, 3.05) is 4.90 Å². The summed E-state index contributed by atoms with van der Waals surface area (Å²) in [4.78, 5) is 26.1. The minimum absolute atomic E-state index is 0.451. The standard InChI is InChI=1S/C17H14INO4/c1-17(14(20)11-7-3-2-4-8-11)15(21)19(16(22)23-17)13-10-6-5-9-12(13)18/h2-10,14,20H,1H3/t14?,17-/m1/s1. The number of benzene rings is 2. The molecule has 1 aliphatic heterocycles. The number of rotatable bonds is 3. The molecule has 5 nitrogen and oxygen atoms in total. The van der Waals surface area contributed by atoms with Gasteiger partial charge in [-0.1, -0.05) is 42.5 Å². The van der Waals surface area contributed by atoms with Gasteiger partial charge in [0.15, 0.2) is 0 Å². The highest BCUT2D eigenvalue weighted by atomic mass is 127. The van der Waals surface area contributed by atoms with Gasteiger partial charge in [-0.2, -0.15) is 0 Å². The molecule has 2 atom stereocenters. The van der Waals surface area contributed by atoms with Crippen LogP contribution in [-0.4, -0.2) is 22.7 Å². The third-order valence-electron chi connectivity index (χ3n) is 3.84. The van der Waals surface area contributed by atoms with E-state index in [4.69, 9.17) is 4.74 Å².